The number of benzene rings is 1. The molecule has 1 atom stereocenters. The maximum absolute atomic E-state index is 12.2. The van der Waals surface area contributed by atoms with Crippen molar-refractivity contribution in [1.29, 1.82) is 0 Å². The second kappa shape index (κ2) is 7.77. The van der Waals surface area contributed by atoms with Gasteiger partial charge in [0.25, 0.3) is 11.6 Å². The van der Waals surface area contributed by atoms with Crippen molar-refractivity contribution in [2.75, 3.05) is 5.32 Å². The first kappa shape index (κ1) is 19.1. The minimum absolute atomic E-state index is 0.0567. The minimum Gasteiger partial charge on any atom is -0.449 e. The van der Waals surface area contributed by atoms with Crippen molar-refractivity contribution in [2.45, 2.75) is 39.8 Å². The van der Waals surface area contributed by atoms with Crippen molar-refractivity contribution < 1.29 is 19.2 Å². The third-order valence-corrected chi connectivity index (χ3v) is 3.69. The number of nitro groups is 1. The quantitative estimate of drug-likeness (QED) is 0.481. The fourth-order valence-corrected chi connectivity index (χ4v) is 2.32. The predicted octanol–water partition coefficient (Wildman–Crippen LogP) is 2.86. The van der Waals surface area contributed by atoms with Crippen LogP contribution in [0.1, 0.15) is 42.7 Å². The zero-order chi connectivity index (χ0) is 19.4. The molecule has 1 heterocycles. The summed E-state index contributed by atoms with van der Waals surface area (Å²) < 4.78 is 6.78. The molecule has 0 bridgehead atoms. The lowest BCUT2D eigenvalue weighted by molar-refractivity contribution is -0.385. The van der Waals surface area contributed by atoms with Crippen molar-refractivity contribution in [3.05, 3.63) is 51.7 Å². The van der Waals surface area contributed by atoms with Gasteiger partial charge in [-0.05, 0) is 39.8 Å². The maximum Gasteiger partial charge on any atom is 0.338 e. The Bertz CT molecular complexity index is 843. The van der Waals surface area contributed by atoms with Crippen LogP contribution in [0.15, 0.2) is 30.5 Å². The molecule has 1 unspecified atom stereocenters. The summed E-state index contributed by atoms with van der Waals surface area (Å²) in [6, 6.07) is 5.59. The third kappa shape index (κ3) is 4.24. The van der Waals surface area contributed by atoms with Crippen LogP contribution in [0, 0.1) is 17.0 Å². The number of amides is 1. The topological polar surface area (TPSA) is 116 Å². The molecule has 0 radical (unpaired) electrons. The lowest BCUT2D eigenvalue weighted by Gasteiger charge is -2.16. The van der Waals surface area contributed by atoms with Gasteiger partial charge in [-0.15, -0.1) is 0 Å². The Labute approximate surface area is 150 Å². The summed E-state index contributed by atoms with van der Waals surface area (Å²) in [5.74, 6) is -0.735. The highest BCUT2D eigenvalue weighted by atomic mass is 16.6. The summed E-state index contributed by atoms with van der Waals surface area (Å²) in [4.78, 5) is 34.7. The smallest absolute Gasteiger partial charge is 0.338 e. The number of carbonyl (C=O) groups is 2. The van der Waals surface area contributed by atoms with Crippen LogP contribution in [0.25, 0.3) is 0 Å². The number of hydrogen-bond donors (Lipinski definition) is 1. The normalized spacial score (nSPS) is 11.9. The molecule has 0 aliphatic heterocycles. The fraction of sp³-hybridized carbons (Fsp3) is 0.353. The lowest BCUT2D eigenvalue weighted by Crippen LogP contribution is -2.31. The summed E-state index contributed by atoms with van der Waals surface area (Å²) in [7, 11) is 0. The fourth-order valence-electron chi connectivity index (χ4n) is 2.32. The number of nitro benzene ring substituents is 1. The van der Waals surface area contributed by atoms with Gasteiger partial charge in [-0.3, -0.25) is 14.9 Å². The number of nitrogens with zero attached hydrogens (tertiary/aromatic N) is 3. The Morgan fingerprint density at radius 1 is 1.27 bits per heavy atom. The molecule has 9 heteroatoms. The van der Waals surface area contributed by atoms with Crippen molar-refractivity contribution in [1.82, 2.24) is 9.78 Å². The molecule has 1 aromatic heterocycles. The zero-order valence-corrected chi connectivity index (χ0v) is 14.9. The van der Waals surface area contributed by atoms with Crippen LogP contribution in [0.4, 0.5) is 11.5 Å². The van der Waals surface area contributed by atoms with Gasteiger partial charge in [-0.2, -0.15) is 5.10 Å². The van der Waals surface area contributed by atoms with Gasteiger partial charge in [0, 0.05) is 23.7 Å². The minimum atomic E-state index is -1.05. The lowest BCUT2D eigenvalue weighted by atomic mass is 10.1. The maximum atomic E-state index is 12.2. The molecule has 26 heavy (non-hydrogen) atoms. The van der Waals surface area contributed by atoms with Gasteiger partial charge >= 0.3 is 5.97 Å². The predicted molar refractivity (Wildman–Crippen MR) is 94.0 cm³/mol. The van der Waals surface area contributed by atoms with Gasteiger partial charge in [0.1, 0.15) is 5.82 Å². The highest BCUT2D eigenvalue weighted by Crippen LogP contribution is 2.20. The number of anilines is 1. The highest BCUT2D eigenvalue weighted by Gasteiger charge is 2.22. The Kier molecular flexibility index (Phi) is 5.71. The molecule has 0 aliphatic carbocycles. The van der Waals surface area contributed by atoms with E-state index in [-0.39, 0.29) is 17.3 Å². The van der Waals surface area contributed by atoms with Crippen molar-refractivity contribution in [2.24, 2.45) is 0 Å². The van der Waals surface area contributed by atoms with Gasteiger partial charge in [0.15, 0.2) is 6.10 Å². The first-order valence-electron chi connectivity index (χ1n) is 8.01. The molecule has 0 aliphatic rings. The number of carbonyl (C=O) groups excluding carboxylic acids is 2. The molecule has 0 saturated carbocycles. The largest absolute Gasteiger partial charge is 0.449 e. The molecule has 0 saturated heterocycles. The molecule has 138 valence electrons. The van der Waals surface area contributed by atoms with Crippen LogP contribution >= 0.6 is 0 Å². The van der Waals surface area contributed by atoms with Gasteiger partial charge in [0.2, 0.25) is 0 Å². The zero-order valence-electron chi connectivity index (χ0n) is 14.9. The Hall–Kier alpha value is -3.23. The average Bonchev–Trinajstić information content (AvgIpc) is 3.02. The molecular formula is C17H20N4O5. The molecule has 1 amide bonds. The molecule has 9 nitrogen and oxygen atoms in total. The standard InChI is InChI=1S/C17H20N4O5/c1-10(2)20-15(7-8-18-20)19-16(22)12(4)26-17(23)13-5-6-14(21(24)25)11(3)9-13/h5-10,12H,1-4H3,(H,19,22). The number of hydrogen-bond acceptors (Lipinski definition) is 6. The summed E-state index contributed by atoms with van der Waals surface area (Å²) >= 11 is 0. The van der Waals surface area contributed by atoms with Crippen LogP contribution in [-0.4, -0.2) is 32.7 Å². The average molecular weight is 360 g/mol. The number of nitrogens with one attached hydrogen (secondary N) is 1. The van der Waals surface area contributed by atoms with E-state index in [1.54, 1.807) is 16.9 Å². The van der Waals surface area contributed by atoms with Crippen LogP contribution in [0.3, 0.4) is 0 Å². The number of ether oxygens (including phenoxy) is 1. The molecule has 2 aromatic rings. The SMILES string of the molecule is Cc1cc(C(=O)OC(C)C(=O)Nc2ccnn2C(C)C)ccc1[N+](=O)[O-]. The van der Waals surface area contributed by atoms with E-state index in [1.807, 2.05) is 13.8 Å². The first-order chi connectivity index (χ1) is 12.2. The molecule has 1 aromatic carbocycles. The Morgan fingerprint density at radius 2 is 1.96 bits per heavy atom. The number of rotatable bonds is 6. The molecule has 0 fully saturated rings. The van der Waals surface area contributed by atoms with E-state index in [1.165, 1.54) is 32.0 Å². The monoisotopic (exact) mass is 360 g/mol. The Balaban J connectivity index is 2.04. The van der Waals surface area contributed by atoms with Gasteiger partial charge in [0.05, 0.1) is 16.7 Å². The van der Waals surface area contributed by atoms with E-state index in [0.717, 1.165) is 0 Å². The molecule has 1 N–H and O–H groups in total. The van der Waals surface area contributed by atoms with Crippen LogP contribution in [-0.2, 0) is 9.53 Å². The first-order valence-corrected chi connectivity index (χ1v) is 8.01. The van der Waals surface area contributed by atoms with Crippen LogP contribution in [0.5, 0.6) is 0 Å². The summed E-state index contributed by atoms with van der Waals surface area (Å²) in [6.45, 7) is 6.81. The van der Waals surface area contributed by atoms with Crippen molar-refractivity contribution >= 4 is 23.4 Å². The number of esters is 1. The van der Waals surface area contributed by atoms with E-state index in [2.05, 4.69) is 10.4 Å². The van der Waals surface area contributed by atoms with Crippen molar-refractivity contribution in [3.8, 4) is 0 Å². The second-order valence-corrected chi connectivity index (χ2v) is 6.05. The van der Waals surface area contributed by atoms with E-state index < -0.39 is 22.9 Å². The second-order valence-electron chi connectivity index (χ2n) is 6.05. The molecular weight excluding hydrogens is 340 g/mol. The summed E-state index contributed by atoms with van der Waals surface area (Å²) in [5.41, 5.74) is 0.386. The van der Waals surface area contributed by atoms with E-state index in [9.17, 15) is 19.7 Å². The van der Waals surface area contributed by atoms with Gasteiger partial charge in [-0.1, -0.05) is 0 Å². The Morgan fingerprint density at radius 3 is 2.54 bits per heavy atom. The van der Waals surface area contributed by atoms with Crippen molar-refractivity contribution in [3.63, 3.8) is 0 Å². The van der Waals surface area contributed by atoms with E-state index >= 15 is 0 Å². The molecule has 0 spiro atoms. The third-order valence-electron chi connectivity index (χ3n) is 3.69. The van der Waals surface area contributed by atoms with E-state index in [4.69, 9.17) is 4.74 Å². The number of aryl methyl sites for hydroxylation is 1. The van der Waals surface area contributed by atoms with Gasteiger partial charge < -0.3 is 10.1 Å². The number of aromatic nitrogens is 2. The molecule has 2 rings (SSSR count). The van der Waals surface area contributed by atoms with Crippen LogP contribution < -0.4 is 5.32 Å². The van der Waals surface area contributed by atoms with E-state index in [0.29, 0.717) is 11.4 Å². The summed E-state index contributed by atoms with van der Waals surface area (Å²) in [6.07, 6.45) is 0.514. The van der Waals surface area contributed by atoms with Gasteiger partial charge in [-0.25, -0.2) is 9.48 Å². The summed E-state index contributed by atoms with van der Waals surface area (Å²) in [5, 5.41) is 17.6. The van der Waals surface area contributed by atoms with Crippen LogP contribution in [0.2, 0.25) is 0 Å². The highest BCUT2D eigenvalue weighted by molar-refractivity contribution is 5.97.